The average Bonchev–Trinajstić information content (AvgIpc) is 3.34. The fourth-order valence-corrected chi connectivity index (χ4v) is 4.09. The van der Waals surface area contributed by atoms with Crippen molar-refractivity contribution in [2.75, 3.05) is 0 Å². The Morgan fingerprint density at radius 2 is 1.88 bits per heavy atom. The van der Waals surface area contributed by atoms with Gasteiger partial charge in [-0.3, -0.25) is 14.5 Å². The van der Waals surface area contributed by atoms with Crippen LogP contribution in [-0.4, -0.2) is 19.1 Å². The van der Waals surface area contributed by atoms with E-state index in [1.807, 2.05) is 42.5 Å². The van der Waals surface area contributed by atoms with Crippen LogP contribution in [0.25, 0.3) is 39.1 Å². The molecule has 1 aliphatic rings. The van der Waals surface area contributed by atoms with Gasteiger partial charge in [-0.15, -0.1) is 0 Å². The second-order valence-electron chi connectivity index (χ2n) is 6.51. The predicted molar refractivity (Wildman–Crippen MR) is 100 cm³/mol. The van der Waals surface area contributed by atoms with Crippen LogP contribution in [0.1, 0.15) is 9.68 Å². The van der Waals surface area contributed by atoms with Gasteiger partial charge >= 0.3 is 0 Å². The van der Waals surface area contributed by atoms with E-state index < -0.39 is 6.98 Å². The Labute approximate surface area is 154 Å². The maximum atomic E-state index is 8.30. The van der Waals surface area contributed by atoms with Crippen LogP contribution in [0, 0.1) is 0 Å². The molecular weight excluding hydrogens is 322 g/mol. The number of hydrogen-bond acceptors (Lipinski definition) is 2. The van der Waals surface area contributed by atoms with Gasteiger partial charge in [0.1, 0.15) is 11.2 Å². The molecule has 5 heteroatoms. The van der Waals surface area contributed by atoms with Crippen LogP contribution in [0.2, 0.25) is 0 Å². The van der Waals surface area contributed by atoms with Crippen molar-refractivity contribution < 1.29 is 8.68 Å². The molecule has 0 bridgehead atoms. The van der Waals surface area contributed by atoms with Gasteiger partial charge in [-0.05, 0) is 24.3 Å². The fraction of sp³-hybridized carbons (Fsp3) is 0.0952. The van der Waals surface area contributed by atoms with Crippen LogP contribution in [0.5, 0.6) is 0 Å². The lowest BCUT2D eigenvalue weighted by molar-refractivity contribution is -0.648. The van der Waals surface area contributed by atoms with Gasteiger partial charge < -0.3 is 0 Å². The summed E-state index contributed by atoms with van der Waals surface area (Å²) in [6, 6.07) is 13.9. The van der Waals surface area contributed by atoms with Crippen molar-refractivity contribution in [3.8, 4) is 17.1 Å². The number of nitrogens with zero attached hydrogens (tertiary/aromatic N) is 5. The molecule has 0 N–H and O–H groups in total. The quantitative estimate of drug-likeness (QED) is 0.431. The number of aromatic nitrogens is 5. The summed E-state index contributed by atoms with van der Waals surface area (Å²) < 4.78 is 30.6. The fourth-order valence-electron chi connectivity index (χ4n) is 4.09. The number of fused-ring (bicyclic) bond motifs is 7. The average molecular weight is 341 g/mol. The molecule has 5 aromatic rings. The van der Waals surface area contributed by atoms with E-state index in [9.17, 15) is 0 Å². The molecule has 1 aliphatic heterocycles. The Morgan fingerprint density at radius 1 is 1.04 bits per heavy atom. The zero-order valence-electron chi connectivity index (χ0n) is 16.8. The first-order valence-electron chi connectivity index (χ1n) is 9.97. The number of rotatable bonds is 1. The molecule has 26 heavy (non-hydrogen) atoms. The second kappa shape index (κ2) is 4.79. The van der Waals surface area contributed by atoms with Crippen molar-refractivity contribution in [1.29, 1.82) is 0 Å². The number of pyridine rings is 2. The molecule has 0 spiro atoms. The Bertz CT molecular complexity index is 1410. The van der Waals surface area contributed by atoms with E-state index in [0.717, 1.165) is 33.4 Å². The van der Waals surface area contributed by atoms with Crippen LogP contribution >= 0.6 is 0 Å². The van der Waals surface area contributed by atoms with Crippen molar-refractivity contribution in [1.82, 2.24) is 19.1 Å². The maximum Gasteiger partial charge on any atom is 0.275 e. The van der Waals surface area contributed by atoms with Crippen LogP contribution in [-0.2, 0) is 13.5 Å². The zero-order chi connectivity index (χ0) is 19.8. The summed E-state index contributed by atoms with van der Waals surface area (Å²) in [6.45, 7) is -1.74. The molecule has 0 fully saturated rings. The molecule has 0 atom stereocenters. The summed E-state index contributed by atoms with van der Waals surface area (Å²) in [7, 11) is 0. The summed E-state index contributed by atoms with van der Waals surface area (Å²) in [5.41, 5.74) is 5.35. The number of para-hydroxylation sites is 1. The van der Waals surface area contributed by atoms with E-state index in [1.54, 1.807) is 24.8 Å². The molecule has 5 heterocycles. The highest BCUT2D eigenvalue weighted by Gasteiger charge is 2.35. The van der Waals surface area contributed by atoms with Gasteiger partial charge in [-0.1, -0.05) is 18.2 Å². The van der Waals surface area contributed by atoms with Gasteiger partial charge in [0.05, 0.1) is 28.6 Å². The Kier molecular flexibility index (Phi) is 2.06. The minimum absolute atomic E-state index is 0.601. The standard InChI is InChI=1S/C21H16N5/c1-24-19-17-12-23-10-8-18(17)26(15-5-3-2-4-6-15)21(19)25-13-14-7-9-22-11-16(14)20(24)25/h2-12H,13H2,1H3/q+1/i1D3. The number of hydrogen-bond donors (Lipinski definition) is 0. The van der Waals surface area contributed by atoms with Crippen molar-refractivity contribution in [2.45, 2.75) is 6.54 Å². The van der Waals surface area contributed by atoms with Crippen molar-refractivity contribution >= 4 is 22.1 Å². The highest BCUT2D eigenvalue weighted by atomic mass is 15.2. The molecule has 0 aliphatic carbocycles. The van der Waals surface area contributed by atoms with Gasteiger partial charge in [0.15, 0.2) is 5.52 Å². The molecular formula is C21H16N5+. The molecule has 5 nitrogen and oxygen atoms in total. The van der Waals surface area contributed by atoms with Gasteiger partial charge in [-0.2, -0.15) is 0 Å². The molecule has 124 valence electrons. The first-order chi connectivity index (χ1) is 14.1. The van der Waals surface area contributed by atoms with Gasteiger partial charge in [0.2, 0.25) is 5.82 Å². The molecule has 1 aromatic carbocycles. The minimum atomic E-state index is -2.35. The molecule has 0 saturated carbocycles. The predicted octanol–water partition coefficient (Wildman–Crippen LogP) is 3.23. The summed E-state index contributed by atoms with van der Waals surface area (Å²) in [5, 5.41) is 0.815. The Balaban J connectivity index is 1.87. The van der Waals surface area contributed by atoms with E-state index in [1.165, 1.54) is 4.57 Å². The van der Waals surface area contributed by atoms with Crippen LogP contribution in [0.4, 0.5) is 0 Å². The maximum absolute atomic E-state index is 8.30. The number of benzene rings is 1. The molecule has 6 rings (SSSR count). The Morgan fingerprint density at radius 3 is 2.77 bits per heavy atom. The SMILES string of the molecule is [2H]C([2H])([2H])n1c2[n+](c3c1c1cnccc1n3-c1ccccc1)Cc1ccncc1-2. The normalized spacial score (nSPS) is 14.8. The van der Waals surface area contributed by atoms with E-state index in [2.05, 4.69) is 19.1 Å². The van der Waals surface area contributed by atoms with E-state index >= 15 is 0 Å². The summed E-state index contributed by atoms with van der Waals surface area (Å²) in [4.78, 5) is 8.53. The molecule has 0 saturated heterocycles. The highest BCUT2D eigenvalue weighted by molar-refractivity contribution is 6.05. The third kappa shape index (κ3) is 1.57. The highest BCUT2D eigenvalue weighted by Crippen LogP contribution is 2.36. The summed E-state index contributed by atoms with van der Waals surface area (Å²) in [5.74, 6) is 0.661. The summed E-state index contributed by atoms with van der Waals surface area (Å²) in [6.07, 6.45) is 6.99. The largest absolute Gasteiger partial charge is 0.275 e. The topological polar surface area (TPSA) is 39.5 Å². The van der Waals surface area contributed by atoms with Crippen molar-refractivity contribution in [2.24, 2.45) is 6.98 Å². The molecule has 0 amide bonds. The summed E-state index contributed by atoms with van der Waals surface area (Å²) >= 11 is 0. The number of imidazole rings is 1. The lowest BCUT2D eigenvalue weighted by atomic mass is 10.2. The smallest absolute Gasteiger partial charge is 0.264 e. The van der Waals surface area contributed by atoms with Crippen LogP contribution in [0.15, 0.2) is 67.3 Å². The van der Waals surface area contributed by atoms with Gasteiger partial charge in [-0.25, -0.2) is 9.13 Å². The zero-order valence-corrected chi connectivity index (χ0v) is 13.8. The van der Waals surface area contributed by atoms with Crippen molar-refractivity contribution in [3.05, 3.63) is 72.8 Å². The van der Waals surface area contributed by atoms with E-state index in [-0.39, 0.29) is 0 Å². The lowest BCUT2D eigenvalue weighted by Gasteiger charge is -2.03. The first kappa shape index (κ1) is 11.2. The monoisotopic (exact) mass is 341 g/mol. The Hall–Kier alpha value is -3.47. The van der Waals surface area contributed by atoms with Gasteiger partial charge in [0.25, 0.3) is 5.65 Å². The van der Waals surface area contributed by atoms with Crippen LogP contribution in [0.3, 0.4) is 0 Å². The van der Waals surface area contributed by atoms with E-state index in [4.69, 9.17) is 4.11 Å². The van der Waals surface area contributed by atoms with Crippen molar-refractivity contribution in [3.63, 3.8) is 0 Å². The second-order valence-corrected chi connectivity index (χ2v) is 6.51. The third-order valence-corrected chi connectivity index (χ3v) is 5.16. The van der Waals surface area contributed by atoms with Gasteiger partial charge in [0, 0.05) is 30.4 Å². The molecule has 0 radical (unpaired) electrons. The molecule has 0 unspecified atom stereocenters. The third-order valence-electron chi connectivity index (χ3n) is 5.16. The number of aryl methyl sites for hydroxylation is 1. The molecule has 4 aromatic heterocycles. The van der Waals surface area contributed by atoms with Crippen LogP contribution < -0.4 is 4.57 Å². The first-order valence-corrected chi connectivity index (χ1v) is 8.47. The van der Waals surface area contributed by atoms with E-state index in [0.29, 0.717) is 17.9 Å². The lowest BCUT2D eigenvalue weighted by Crippen LogP contribution is -2.33. The minimum Gasteiger partial charge on any atom is -0.264 e.